The molecule has 0 saturated carbocycles. The maximum absolute atomic E-state index is 13.7. The van der Waals surface area contributed by atoms with Crippen LogP contribution in [-0.2, 0) is 17.9 Å². The topological polar surface area (TPSA) is 34.0 Å². The summed E-state index contributed by atoms with van der Waals surface area (Å²) in [7, 11) is 0. The second kappa shape index (κ2) is 7.32. The van der Waals surface area contributed by atoms with Gasteiger partial charge in [-0.1, -0.05) is 24.3 Å². The molecule has 27 heavy (non-hydrogen) atoms. The second-order valence-corrected chi connectivity index (χ2v) is 7.11. The van der Waals surface area contributed by atoms with Crippen molar-refractivity contribution in [3.63, 3.8) is 0 Å². The second-order valence-electron chi connectivity index (χ2n) is 6.16. The van der Waals surface area contributed by atoms with E-state index in [0.29, 0.717) is 5.56 Å². The zero-order valence-corrected chi connectivity index (χ0v) is 15.1. The number of halogens is 2. The van der Waals surface area contributed by atoms with E-state index in [4.69, 9.17) is 0 Å². The normalized spacial score (nSPS) is 11.0. The molecule has 3 nitrogen and oxygen atoms in total. The third-order valence-electron chi connectivity index (χ3n) is 4.37. The molecule has 4 aromatic rings. The van der Waals surface area contributed by atoms with Gasteiger partial charge >= 0.3 is 0 Å². The van der Waals surface area contributed by atoms with E-state index in [1.54, 1.807) is 35.6 Å². The van der Waals surface area contributed by atoms with E-state index in [-0.39, 0.29) is 30.6 Å². The highest BCUT2D eigenvalue weighted by atomic mass is 32.1. The lowest BCUT2D eigenvalue weighted by atomic mass is 10.2. The Balaban J connectivity index is 1.61. The number of nitrogens with zero attached hydrogens (tertiary/aromatic N) is 1. The first-order chi connectivity index (χ1) is 13.1. The standard InChI is InChI=1S/C21H16F2N2OS/c22-16-7-8-18-15(10-16)11-19(20-6-3-9-27-20)25(18)13-21(26)24-12-14-4-1-2-5-17(14)23/h1-11H,12-13H2,(H,24,26). The number of nitrogens with one attached hydrogen (secondary N) is 1. The number of thiophene rings is 1. The first kappa shape index (κ1) is 17.4. The highest BCUT2D eigenvalue weighted by Gasteiger charge is 2.15. The van der Waals surface area contributed by atoms with Crippen molar-refractivity contribution in [2.45, 2.75) is 13.1 Å². The molecule has 0 radical (unpaired) electrons. The van der Waals surface area contributed by atoms with Crippen LogP contribution in [0.5, 0.6) is 0 Å². The van der Waals surface area contributed by atoms with Crippen molar-refractivity contribution in [1.82, 2.24) is 9.88 Å². The molecule has 1 N–H and O–H groups in total. The van der Waals surface area contributed by atoms with Gasteiger partial charge < -0.3 is 9.88 Å². The number of amides is 1. The molecule has 4 rings (SSSR count). The van der Waals surface area contributed by atoms with Crippen LogP contribution in [0.3, 0.4) is 0 Å². The minimum Gasteiger partial charge on any atom is -0.350 e. The van der Waals surface area contributed by atoms with Crippen molar-refractivity contribution in [3.8, 4) is 10.6 Å². The van der Waals surface area contributed by atoms with Gasteiger partial charge in [-0.15, -0.1) is 11.3 Å². The summed E-state index contributed by atoms with van der Waals surface area (Å²) in [4.78, 5) is 13.5. The van der Waals surface area contributed by atoms with E-state index in [0.717, 1.165) is 21.5 Å². The summed E-state index contributed by atoms with van der Waals surface area (Å²) in [6.45, 7) is 0.185. The number of rotatable bonds is 5. The number of hydrogen-bond donors (Lipinski definition) is 1. The van der Waals surface area contributed by atoms with E-state index in [9.17, 15) is 13.6 Å². The SMILES string of the molecule is O=C(Cn1c(-c2cccs2)cc2cc(F)ccc21)NCc1ccccc1F. The molecule has 2 aromatic heterocycles. The van der Waals surface area contributed by atoms with Crippen molar-refractivity contribution >= 4 is 28.1 Å². The van der Waals surface area contributed by atoms with E-state index < -0.39 is 0 Å². The van der Waals surface area contributed by atoms with E-state index in [1.807, 2.05) is 28.1 Å². The Morgan fingerprint density at radius 1 is 1.04 bits per heavy atom. The third kappa shape index (κ3) is 3.61. The Morgan fingerprint density at radius 2 is 1.89 bits per heavy atom. The zero-order chi connectivity index (χ0) is 18.8. The van der Waals surface area contributed by atoms with Gasteiger partial charge in [-0.05, 0) is 41.8 Å². The molecular formula is C21H16F2N2OS. The number of carbonyl (C=O) groups is 1. The summed E-state index contributed by atoms with van der Waals surface area (Å²) in [5, 5.41) is 5.45. The van der Waals surface area contributed by atoms with Gasteiger partial charge in [0.15, 0.2) is 0 Å². The maximum atomic E-state index is 13.7. The van der Waals surface area contributed by atoms with Crippen LogP contribution >= 0.6 is 11.3 Å². The molecule has 136 valence electrons. The van der Waals surface area contributed by atoms with Crippen LogP contribution in [0.15, 0.2) is 66.0 Å². The molecule has 1 amide bonds. The Bertz CT molecular complexity index is 1100. The van der Waals surface area contributed by atoms with Crippen molar-refractivity contribution in [1.29, 1.82) is 0 Å². The molecule has 0 unspecified atom stereocenters. The van der Waals surface area contributed by atoms with E-state index in [2.05, 4.69) is 5.32 Å². The van der Waals surface area contributed by atoms with Crippen LogP contribution in [0, 0.1) is 11.6 Å². The molecule has 0 spiro atoms. The molecule has 0 bridgehead atoms. The average Bonchev–Trinajstić information content (AvgIpc) is 3.29. The first-order valence-corrected chi connectivity index (χ1v) is 9.32. The number of hydrogen-bond acceptors (Lipinski definition) is 2. The van der Waals surface area contributed by atoms with Gasteiger partial charge in [0.25, 0.3) is 0 Å². The zero-order valence-electron chi connectivity index (χ0n) is 14.3. The number of fused-ring (bicyclic) bond motifs is 1. The van der Waals surface area contributed by atoms with Crippen LogP contribution < -0.4 is 5.32 Å². The van der Waals surface area contributed by atoms with Gasteiger partial charge in [0.1, 0.15) is 18.2 Å². The highest BCUT2D eigenvalue weighted by molar-refractivity contribution is 7.13. The Morgan fingerprint density at radius 3 is 2.67 bits per heavy atom. The Labute approximate surface area is 158 Å². The molecule has 0 aliphatic heterocycles. The molecule has 2 aromatic carbocycles. The average molecular weight is 382 g/mol. The molecule has 0 aliphatic carbocycles. The van der Waals surface area contributed by atoms with Crippen LogP contribution in [-0.4, -0.2) is 10.5 Å². The van der Waals surface area contributed by atoms with Gasteiger partial charge in [-0.3, -0.25) is 4.79 Å². The molecule has 0 atom stereocenters. The maximum Gasteiger partial charge on any atom is 0.240 e. The van der Waals surface area contributed by atoms with Gasteiger partial charge in [-0.25, -0.2) is 8.78 Å². The number of aromatic nitrogens is 1. The molecule has 6 heteroatoms. The van der Waals surface area contributed by atoms with Crippen molar-refractivity contribution in [3.05, 3.63) is 83.2 Å². The van der Waals surface area contributed by atoms with Gasteiger partial charge in [0, 0.05) is 23.0 Å². The van der Waals surface area contributed by atoms with Gasteiger partial charge in [0.2, 0.25) is 5.91 Å². The minimum absolute atomic E-state index is 0.0663. The monoisotopic (exact) mass is 382 g/mol. The van der Waals surface area contributed by atoms with Crippen LogP contribution in [0.25, 0.3) is 21.5 Å². The quantitative estimate of drug-likeness (QED) is 0.520. The van der Waals surface area contributed by atoms with E-state index >= 15 is 0 Å². The molecule has 0 fully saturated rings. The smallest absolute Gasteiger partial charge is 0.240 e. The first-order valence-electron chi connectivity index (χ1n) is 8.44. The summed E-state index contributed by atoms with van der Waals surface area (Å²) in [5.74, 6) is -0.904. The Hall–Kier alpha value is -2.99. The fraction of sp³-hybridized carbons (Fsp3) is 0.0952. The van der Waals surface area contributed by atoms with Crippen molar-refractivity contribution < 1.29 is 13.6 Å². The lowest BCUT2D eigenvalue weighted by molar-refractivity contribution is -0.121. The lowest BCUT2D eigenvalue weighted by Gasteiger charge is -2.11. The number of benzene rings is 2. The molecule has 0 aliphatic rings. The van der Waals surface area contributed by atoms with Crippen LogP contribution in [0.1, 0.15) is 5.56 Å². The minimum atomic E-state index is -0.348. The molecule has 2 heterocycles. The molecule has 0 saturated heterocycles. The number of carbonyl (C=O) groups excluding carboxylic acids is 1. The largest absolute Gasteiger partial charge is 0.350 e. The molecular weight excluding hydrogens is 366 g/mol. The fourth-order valence-corrected chi connectivity index (χ4v) is 3.83. The third-order valence-corrected chi connectivity index (χ3v) is 5.26. The Kier molecular flexibility index (Phi) is 4.73. The fourth-order valence-electron chi connectivity index (χ4n) is 3.08. The highest BCUT2D eigenvalue weighted by Crippen LogP contribution is 2.31. The van der Waals surface area contributed by atoms with Crippen LogP contribution in [0.2, 0.25) is 0 Å². The van der Waals surface area contributed by atoms with Crippen molar-refractivity contribution in [2.75, 3.05) is 0 Å². The summed E-state index contributed by atoms with van der Waals surface area (Å²) >= 11 is 1.55. The van der Waals surface area contributed by atoms with Gasteiger partial charge in [-0.2, -0.15) is 0 Å². The van der Waals surface area contributed by atoms with Gasteiger partial charge in [0.05, 0.1) is 10.6 Å². The summed E-state index contributed by atoms with van der Waals surface area (Å²) in [5.41, 5.74) is 2.07. The predicted molar refractivity (Wildman–Crippen MR) is 103 cm³/mol. The van der Waals surface area contributed by atoms with Crippen molar-refractivity contribution in [2.24, 2.45) is 0 Å². The summed E-state index contributed by atoms with van der Waals surface area (Å²) in [6.07, 6.45) is 0. The van der Waals surface area contributed by atoms with E-state index in [1.165, 1.54) is 18.2 Å². The van der Waals surface area contributed by atoms with Crippen LogP contribution in [0.4, 0.5) is 8.78 Å². The predicted octanol–water partition coefficient (Wildman–Crippen LogP) is 4.96. The lowest BCUT2D eigenvalue weighted by Crippen LogP contribution is -2.27. The summed E-state index contributed by atoms with van der Waals surface area (Å²) < 4.78 is 29.2. The summed E-state index contributed by atoms with van der Waals surface area (Å²) in [6, 6.07) is 16.6.